The molecule has 0 atom stereocenters. The Morgan fingerprint density at radius 3 is 2.74 bits per heavy atom. The number of furan rings is 1. The van der Waals surface area contributed by atoms with Crippen LogP contribution in [0.1, 0.15) is 19.1 Å². The van der Waals surface area contributed by atoms with Gasteiger partial charge >= 0.3 is 0 Å². The molecule has 1 heterocycles. The van der Waals surface area contributed by atoms with Crippen molar-refractivity contribution in [2.24, 2.45) is 0 Å². The largest absolute Gasteiger partial charge is 0.460 e. The average Bonchev–Trinajstić information content (AvgIpc) is 2.83. The molecular formula is C14H14BrF2NO. The molecule has 2 nitrogen and oxygen atoms in total. The first-order valence-corrected chi connectivity index (χ1v) is 6.85. The fraction of sp³-hybridized carbons (Fsp3) is 0.286. The van der Waals surface area contributed by atoms with E-state index in [1.165, 1.54) is 6.07 Å². The minimum Gasteiger partial charge on any atom is -0.460 e. The molecule has 1 aromatic carbocycles. The minimum atomic E-state index is -0.636. The molecule has 0 aliphatic heterocycles. The van der Waals surface area contributed by atoms with Gasteiger partial charge < -0.3 is 9.73 Å². The number of nitrogens with one attached hydrogen (secondary N) is 1. The van der Waals surface area contributed by atoms with E-state index >= 15 is 0 Å². The van der Waals surface area contributed by atoms with E-state index in [-0.39, 0.29) is 10.0 Å². The van der Waals surface area contributed by atoms with Gasteiger partial charge in [0.1, 0.15) is 23.2 Å². The summed E-state index contributed by atoms with van der Waals surface area (Å²) in [4.78, 5) is 0. The molecule has 1 aromatic heterocycles. The Bertz CT molecular complexity index is 569. The highest BCUT2D eigenvalue weighted by molar-refractivity contribution is 9.10. The lowest BCUT2D eigenvalue weighted by Crippen LogP contribution is -2.12. The Morgan fingerprint density at radius 2 is 2.00 bits per heavy atom. The smallest absolute Gasteiger partial charge is 0.140 e. The van der Waals surface area contributed by atoms with E-state index in [9.17, 15) is 8.78 Å². The van der Waals surface area contributed by atoms with Gasteiger partial charge in [-0.05, 0) is 47.1 Å². The number of halogens is 3. The maximum Gasteiger partial charge on any atom is 0.140 e. The molecule has 2 aromatic rings. The zero-order valence-electron chi connectivity index (χ0n) is 10.5. The summed E-state index contributed by atoms with van der Waals surface area (Å²) < 4.78 is 32.6. The van der Waals surface area contributed by atoms with E-state index in [4.69, 9.17) is 4.42 Å². The van der Waals surface area contributed by atoms with E-state index in [0.717, 1.165) is 24.8 Å². The third kappa shape index (κ3) is 3.42. The summed E-state index contributed by atoms with van der Waals surface area (Å²) in [5, 5.41) is 3.19. The molecule has 0 saturated carbocycles. The van der Waals surface area contributed by atoms with Crippen LogP contribution in [-0.4, -0.2) is 6.54 Å². The number of hydrogen-bond acceptors (Lipinski definition) is 2. The molecule has 0 bridgehead atoms. The van der Waals surface area contributed by atoms with Crippen molar-refractivity contribution in [3.05, 3.63) is 46.1 Å². The fourth-order valence-corrected chi connectivity index (χ4v) is 2.06. The molecule has 5 heteroatoms. The summed E-state index contributed by atoms with van der Waals surface area (Å²) in [5.41, 5.74) is 0.245. The molecule has 1 N–H and O–H groups in total. The molecule has 0 aliphatic carbocycles. The molecule has 0 spiro atoms. The number of benzene rings is 1. The predicted octanol–water partition coefficient (Wildman–Crippen LogP) is 4.49. The highest BCUT2D eigenvalue weighted by Gasteiger charge is 2.13. The second-order valence-corrected chi connectivity index (χ2v) is 5.04. The Hall–Kier alpha value is -1.20. The summed E-state index contributed by atoms with van der Waals surface area (Å²) in [6, 6.07) is 5.70. The Kier molecular flexibility index (Phi) is 4.71. The normalized spacial score (nSPS) is 10.9. The topological polar surface area (TPSA) is 25.2 Å². The van der Waals surface area contributed by atoms with Crippen LogP contribution in [0.5, 0.6) is 0 Å². The van der Waals surface area contributed by atoms with Crippen LogP contribution in [0.15, 0.2) is 33.2 Å². The van der Waals surface area contributed by atoms with Crippen LogP contribution in [0.2, 0.25) is 0 Å². The number of hydrogen-bond donors (Lipinski definition) is 1. The van der Waals surface area contributed by atoms with E-state index in [1.807, 2.05) is 0 Å². The third-order valence-electron chi connectivity index (χ3n) is 2.66. The Labute approximate surface area is 118 Å². The molecule has 0 aliphatic rings. The van der Waals surface area contributed by atoms with Crippen molar-refractivity contribution >= 4 is 15.9 Å². The highest BCUT2D eigenvalue weighted by Crippen LogP contribution is 2.29. The lowest BCUT2D eigenvalue weighted by molar-refractivity contribution is 0.489. The van der Waals surface area contributed by atoms with Crippen molar-refractivity contribution in [2.75, 3.05) is 6.54 Å². The first-order chi connectivity index (χ1) is 9.11. The monoisotopic (exact) mass is 329 g/mol. The van der Waals surface area contributed by atoms with Crippen LogP contribution in [0, 0.1) is 11.6 Å². The van der Waals surface area contributed by atoms with Crippen molar-refractivity contribution in [3.8, 4) is 11.3 Å². The number of rotatable bonds is 5. The predicted molar refractivity (Wildman–Crippen MR) is 73.8 cm³/mol. The zero-order valence-corrected chi connectivity index (χ0v) is 12.1. The van der Waals surface area contributed by atoms with Gasteiger partial charge in [0.2, 0.25) is 0 Å². The van der Waals surface area contributed by atoms with Crippen LogP contribution >= 0.6 is 15.9 Å². The summed E-state index contributed by atoms with van der Waals surface area (Å²) in [5.74, 6) is -0.143. The van der Waals surface area contributed by atoms with Crippen LogP contribution in [0.25, 0.3) is 11.3 Å². The van der Waals surface area contributed by atoms with Gasteiger partial charge in [-0.15, -0.1) is 0 Å². The van der Waals surface area contributed by atoms with Gasteiger partial charge in [-0.2, -0.15) is 0 Å². The van der Waals surface area contributed by atoms with E-state index in [0.29, 0.717) is 12.3 Å². The van der Waals surface area contributed by atoms with Crippen molar-refractivity contribution < 1.29 is 13.2 Å². The van der Waals surface area contributed by atoms with Crippen molar-refractivity contribution in [1.82, 2.24) is 5.32 Å². The maximum atomic E-state index is 13.7. The molecule has 0 amide bonds. The van der Waals surface area contributed by atoms with Crippen LogP contribution < -0.4 is 5.32 Å². The fourth-order valence-electron chi connectivity index (χ4n) is 1.72. The van der Waals surface area contributed by atoms with Crippen LogP contribution in [-0.2, 0) is 6.54 Å². The van der Waals surface area contributed by atoms with Gasteiger partial charge in [0.05, 0.1) is 16.6 Å². The quantitative estimate of drug-likeness (QED) is 0.646. The van der Waals surface area contributed by atoms with Crippen LogP contribution in [0.4, 0.5) is 8.78 Å². The maximum absolute atomic E-state index is 13.7. The van der Waals surface area contributed by atoms with Crippen LogP contribution in [0.3, 0.4) is 0 Å². The van der Waals surface area contributed by atoms with Gasteiger partial charge in [-0.25, -0.2) is 8.78 Å². The molecule has 0 unspecified atom stereocenters. The van der Waals surface area contributed by atoms with Crippen molar-refractivity contribution in [1.29, 1.82) is 0 Å². The highest BCUT2D eigenvalue weighted by atomic mass is 79.9. The first-order valence-electron chi connectivity index (χ1n) is 6.06. The Balaban J connectivity index is 2.20. The summed E-state index contributed by atoms with van der Waals surface area (Å²) >= 11 is 3.04. The van der Waals surface area contributed by atoms with E-state index < -0.39 is 11.6 Å². The Morgan fingerprint density at radius 1 is 1.21 bits per heavy atom. The second kappa shape index (κ2) is 6.30. The van der Waals surface area contributed by atoms with E-state index in [2.05, 4.69) is 28.2 Å². The molecule has 0 saturated heterocycles. The molecule has 102 valence electrons. The van der Waals surface area contributed by atoms with Gasteiger partial charge in [-0.3, -0.25) is 0 Å². The summed E-state index contributed by atoms with van der Waals surface area (Å²) in [7, 11) is 0. The standard InChI is InChI=1S/C14H14BrF2NO/c1-2-5-18-8-9-3-4-14(19-9)10-6-11(15)13(17)7-12(10)16/h3-4,6-7,18H,2,5,8H2,1H3. The molecule has 19 heavy (non-hydrogen) atoms. The average molecular weight is 330 g/mol. The van der Waals surface area contributed by atoms with Crippen molar-refractivity contribution in [3.63, 3.8) is 0 Å². The first kappa shape index (κ1) is 14.2. The SMILES string of the molecule is CCCNCc1ccc(-c2cc(Br)c(F)cc2F)o1. The molecule has 0 fully saturated rings. The molecule has 2 rings (SSSR count). The molecular weight excluding hydrogens is 316 g/mol. The second-order valence-electron chi connectivity index (χ2n) is 4.19. The van der Waals surface area contributed by atoms with Gasteiger partial charge in [0, 0.05) is 6.07 Å². The van der Waals surface area contributed by atoms with Gasteiger partial charge in [-0.1, -0.05) is 6.92 Å². The lowest BCUT2D eigenvalue weighted by atomic mass is 10.1. The summed E-state index contributed by atoms with van der Waals surface area (Å²) in [6.45, 7) is 3.57. The van der Waals surface area contributed by atoms with Gasteiger partial charge in [0.25, 0.3) is 0 Å². The van der Waals surface area contributed by atoms with Crippen molar-refractivity contribution in [2.45, 2.75) is 19.9 Å². The summed E-state index contributed by atoms with van der Waals surface area (Å²) in [6.07, 6.45) is 1.03. The van der Waals surface area contributed by atoms with E-state index in [1.54, 1.807) is 12.1 Å². The zero-order chi connectivity index (χ0) is 13.8. The lowest BCUT2D eigenvalue weighted by Gasteiger charge is -2.03. The minimum absolute atomic E-state index is 0.214. The van der Waals surface area contributed by atoms with Gasteiger partial charge in [0.15, 0.2) is 0 Å². The molecule has 0 radical (unpaired) electrons. The third-order valence-corrected chi connectivity index (χ3v) is 3.27.